The molecular formula is C14H19FN2O3. The van der Waals surface area contributed by atoms with Crippen LogP contribution >= 0.6 is 0 Å². The van der Waals surface area contributed by atoms with E-state index in [-0.39, 0.29) is 31.3 Å². The molecule has 1 rings (SSSR count). The van der Waals surface area contributed by atoms with Gasteiger partial charge >= 0.3 is 5.97 Å². The van der Waals surface area contributed by atoms with Crippen molar-refractivity contribution in [1.29, 1.82) is 0 Å². The fraction of sp³-hybridized carbons (Fsp3) is 0.429. The molecule has 1 aromatic carbocycles. The first-order valence-electron chi connectivity index (χ1n) is 6.41. The number of benzene rings is 1. The molecule has 0 bridgehead atoms. The van der Waals surface area contributed by atoms with Crippen molar-refractivity contribution in [2.24, 2.45) is 0 Å². The Labute approximate surface area is 117 Å². The highest BCUT2D eigenvalue weighted by atomic mass is 19.1. The summed E-state index contributed by atoms with van der Waals surface area (Å²) in [5.74, 6) is -1.03. The molecule has 2 N–H and O–H groups in total. The summed E-state index contributed by atoms with van der Waals surface area (Å²) < 4.78 is 17.8. The van der Waals surface area contributed by atoms with Crippen molar-refractivity contribution >= 4 is 11.9 Å². The van der Waals surface area contributed by atoms with Crippen LogP contribution in [0.2, 0.25) is 0 Å². The molecule has 0 aliphatic rings. The Morgan fingerprint density at radius 2 is 1.95 bits per heavy atom. The van der Waals surface area contributed by atoms with Gasteiger partial charge in [0.2, 0.25) is 5.91 Å². The largest absolute Gasteiger partial charge is 0.466 e. The number of hydrogen-bond acceptors (Lipinski definition) is 4. The van der Waals surface area contributed by atoms with Gasteiger partial charge in [0.15, 0.2) is 0 Å². The van der Waals surface area contributed by atoms with Crippen LogP contribution in [-0.2, 0) is 14.3 Å². The maximum atomic E-state index is 12.9. The minimum absolute atomic E-state index is 0.00886. The van der Waals surface area contributed by atoms with Crippen LogP contribution in [0.25, 0.3) is 0 Å². The number of rotatable bonds is 7. The van der Waals surface area contributed by atoms with Crippen LogP contribution in [0.15, 0.2) is 24.3 Å². The van der Waals surface area contributed by atoms with E-state index in [4.69, 9.17) is 4.74 Å². The van der Waals surface area contributed by atoms with Gasteiger partial charge in [0.05, 0.1) is 25.6 Å². The molecule has 110 valence electrons. The molecule has 5 nitrogen and oxygen atoms in total. The molecule has 0 radical (unpaired) electrons. The van der Waals surface area contributed by atoms with Crippen LogP contribution in [0.3, 0.4) is 0 Å². The lowest BCUT2D eigenvalue weighted by molar-refractivity contribution is -0.143. The molecule has 1 amide bonds. The van der Waals surface area contributed by atoms with Crippen LogP contribution in [-0.4, -0.2) is 32.1 Å². The monoisotopic (exact) mass is 282 g/mol. The molecule has 6 heteroatoms. The summed E-state index contributed by atoms with van der Waals surface area (Å²) in [4.78, 5) is 23.2. The van der Waals surface area contributed by atoms with E-state index in [0.29, 0.717) is 5.56 Å². The van der Waals surface area contributed by atoms with E-state index in [2.05, 4.69) is 10.6 Å². The van der Waals surface area contributed by atoms with Crippen molar-refractivity contribution in [3.63, 3.8) is 0 Å². The van der Waals surface area contributed by atoms with Crippen molar-refractivity contribution < 1.29 is 18.7 Å². The smallest absolute Gasteiger partial charge is 0.308 e. The van der Waals surface area contributed by atoms with Crippen molar-refractivity contribution in [2.45, 2.75) is 19.4 Å². The van der Waals surface area contributed by atoms with Crippen molar-refractivity contribution in [1.82, 2.24) is 10.6 Å². The van der Waals surface area contributed by atoms with Gasteiger partial charge in [-0.1, -0.05) is 12.1 Å². The van der Waals surface area contributed by atoms with Gasteiger partial charge in [-0.2, -0.15) is 0 Å². The maximum Gasteiger partial charge on any atom is 0.308 e. The van der Waals surface area contributed by atoms with E-state index in [1.54, 1.807) is 26.1 Å². The minimum Gasteiger partial charge on any atom is -0.466 e. The summed E-state index contributed by atoms with van der Waals surface area (Å²) >= 11 is 0. The molecule has 1 unspecified atom stereocenters. The lowest BCUT2D eigenvalue weighted by Gasteiger charge is -2.18. The molecule has 0 heterocycles. The molecule has 20 heavy (non-hydrogen) atoms. The number of carbonyl (C=O) groups is 2. The Morgan fingerprint density at radius 3 is 2.50 bits per heavy atom. The second-order valence-corrected chi connectivity index (χ2v) is 4.21. The molecule has 1 aromatic rings. The number of halogens is 1. The number of esters is 1. The molecule has 0 saturated heterocycles. The summed E-state index contributed by atoms with van der Waals surface area (Å²) in [6.07, 6.45) is 0.00886. The van der Waals surface area contributed by atoms with Gasteiger partial charge in [-0.05, 0) is 31.7 Å². The van der Waals surface area contributed by atoms with Crippen LogP contribution in [0.4, 0.5) is 4.39 Å². The number of amides is 1. The third-order valence-corrected chi connectivity index (χ3v) is 2.62. The molecule has 0 saturated carbocycles. The normalized spacial score (nSPS) is 11.8. The standard InChI is InChI=1S/C14H19FN2O3/c1-3-20-14(19)8-12(17-13(18)9-16-2)10-4-6-11(15)7-5-10/h4-7,12,16H,3,8-9H2,1-2H3,(H,17,18). The number of carbonyl (C=O) groups excluding carboxylic acids is 2. The number of nitrogens with one attached hydrogen (secondary N) is 2. The van der Waals surface area contributed by atoms with E-state index >= 15 is 0 Å². The maximum absolute atomic E-state index is 12.9. The number of hydrogen-bond donors (Lipinski definition) is 2. The summed E-state index contributed by atoms with van der Waals surface area (Å²) in [5, 5.41) is 5.44. The molecular weight excluding hydrogens is 263 g/mol. The van der Waals surface area contributed by atoms with Crippen LogP contribution in [0.1, 0.15) is 24.9 Å². The highest BCUT2D eigenvalue weighted by molar-refractivity contribution is 5.79. The van der Waals surface area contributed by atoms with Crippen molar-refractivity contribution in [2.75, 3.05) is 20.2 Å². The molecule has 0 aromatic heterocycles. The lowest BCUT2D eigenvalue weighted by Crippen LogP contribution is -2.36. The van der Waals surface area contributed by atoms with E-state index in [1.165, 1.54) is 12.1 Å². The predicted octanol–water partition coefficient (Wildman–Crippen LogP) is 1.16. The lowest BCUT2D eigenvalue weighted by atomic mass is 10.0. The van der Waals surface area contributed by atoms with Gasteiger partial charge in [-0.3, -0.25) is 9.59 Å². The Bertz CT molecular complexity index is 428. The van der Waals surface area contributed by atoms with Crippen LogP contribution in [0.5, 0.6) is 0 Å². The predicted molar refractivity (Wildman–Crippen MR) is 72.5 cm³/mol. The highest BCUT2D eigenvalue weighted by Gasteiger charge is 2.19. The first-order chi connectivity index (χ1) is 9.56. The van der Waals surface area contributed by atoms with E-state index in [0.717, 1.165) is 0 Å². The molecule has 0 aliphatic heterocycles. The van der Waals surface area contributed by atoms with E-state index in [1.807, 2.05) is 0 Å². The summed E-state index contributed by atoms with van der Waals surface area (Å²) in [6, 6.07) is 5.13. The Kier molecular flexibility index (Phi) is 6.66. The van der Waals surface area contributed by atoms with Gasteiger partial charge in [-0.25, -0.2) is 4.39 Å². The van der Waals surface area contributed by atoms with Gasteiger partial charge in [0, 0.05) is 0 Å². The average molecular weight is 282 g/mol. The third kappa shape index (κ3) is 5.36. The van der Waals surface area contributed by atoms with Gasteiger partial charge in [0.25, 0.3) is 0 Å². The second-order valence-electron chi connectivity index (χ2n) is 4.21. The van der Waals surface area contributed by atoms with Gasteiger partial charge in [0.1, 0.15) is 5.82 Å². The molecule has 0 spiro atoms. The first-order valence-corrected chi connectivity index (χ1v) is 6.41. The highest BCUT2D eigenvalue weighted by Crippen LogP contribution is 2.18. The zero-order valence-electron chi connectivity index (χ0n) is 11.6. The first kappa shape index (κ1) is 16.1. The number of likely N-dealkylation sites (N-methyl/N-ethyl adjacent to an activating group) is 1. The molecule has 0 fully saturated rings. The van der Waals surface area contributed by atoms with E-state index < -0.39 is 12.0 Å². The fourth-order valence-electron chi connectivity index (χ4n) is 1.74. The minimum atomic E-state index is -0.532. The molecule has 1 atom stereocenters. The fourth-order valence-corrected chi connectivity index (χ4v) is 1.74. The van der Waals surface area contributed by atoms with Crippen molar-refractivity contribution in [3.05, 3.63) is 35.6 Å². The quantitative estimate of drug-likeness (QED) is 0.736. The third-order valence-electron chi connectivity index (χ3n) is 2.62. The topological polar surface area (TPSA) is 67.4 Å². The van der Waals surface area contributed by atoms with Crippen molar-refractivity contribution in [3.8, 4) is 0 Å². The Hall–Kier alpha value is -1.95. The Balaban J connectivity index is 2.80. The SMILES string of the molecule is CCOC(=O)CC(NC(=O)CNC)c1ccc(F)cc1. The van der Waals surface area contributed by atoms with Crippen LogP contribution in [0, 0.1) is 5.82 Å². The Morgan fingerprint density at radius 1 is 1.30 bits per heavy atom. The summed E-state index contributed by atoms with van der Waals surface area (Å²) in [6.45, 7) is 2.13. The zero-order chi connectivity index (χ0) is 15.0. The number of ether oxygens (including phenoxy) is 1. The second kappa shape index (κ2) is 8.27. The van der Waals surface area contributed by atoms with Crippen LogP contribution < -0.4 is 10.6 Å². The zero-order valence-corrected chi connectivity index (χ0v) is 11.6. The van der Waals surface area contributed by atoms with Gasteiger partial charge < -0.3 is 15.4 Å². The molecule has 0 aliphatic carbocycles. The van der Waals surface area contributed by atoms with Gasteiger partial charge in [-0.15, -0.1) is 0 Å². The average Bonchev–Trinajstić information content (AvgIpc) is 2.39. The van der Waals surface area contributed by atoms with E-state index in [9.17, 15) is 14.0 Å². The summed E-state index contributed by atoms with van der Waals surface area (Å²) in [7, 11) is 1.65. The summed E-state index contributed by atoms with van der Waals surface area (Å²) in [5.41, 5.74) is 0.656.